The minimum Gasteiger partial charge on any atom is -0.497 e. The minimum absolute atomic E-state index is 0.0610. The second-order valence-electron chi connectivity index (χ2n) is 6.73. The Morgan fingerprint density at radius 2 is 1.93 bits per heavy atom. The first-order chi connectivity index (χ1) is 13.0. The molecule has 0 saturated heterocycles. The van der Waals surface area contributed by atoms with Gasteiger partial charge in [-0.2, -0.15) is 0 Å². The second kappa shape index (κ2) is 7.74. The van der Waals surface area contributed by atoms with Crippen LogP contribution in [0.3, 0.4) is 0 Å². The fourth-order valence-electron chi connectivity index (χ4n) is 3.38. The van der Waals surface area contributed by atoms with Gasteiger partial charge in [0.15, 0.2) is 0 Å². The molecular weight excluding hydrogens is 342 g/mol. The number of methoxy groups -OCH3 is 2. The van der Waals surface area contributed by atoms with Crippen LogP contribution >= 0.6 is 0 Å². The highest BCUT2D eigenvalue weighted by molar-refractivity contribution is 5.95. The third-order valence-corrected chi connectivity index (χ3v) is 5.12. The van der Waals surface area contributed by atoms with Gasteiger partial charge in [-0.1, -0.05) is 19.9 Å². The number of carboxylic acid groups (broad SMARTS) is 1. The summed E-state index contributed by atoms with van der Waals surface area (Å²) in [4.78, 5) is 15.0. The van der Waals surface area contributed by atoms with Crippen LogP contribution in [-0.2, 0) is 11.2 Å². The Bertz CT molecular complexity index is 974. The van der Waals surface area contributed by atoms with E-state index in [0.29, 0.717) is 17.4 Å². The molecule has 0 fully saturated rings. The van der Waals surface area contributed by atoms with Crippen molar-refractivity contribution in [3.63, 3.8) is 0 Å². The molecule has 3 aromatic rings. The summed E-state index contributed by atoms with van der Waals surface area (Å²) in [5.74, 6) is 0.875. The molecule has 1 unspecified atom stereocenters. The van der Waals surface area contributed by atoms with Crippen molar-refractivity contribution in [2.45, 2.75) is 32.6 Å². The van der Waals surface area contributed by atoms with Gasteiger partial charge in [-0.05, 0) is 47.7 Å². The Balaban J connectivity index is 2.24. The number of ether oxygens (including phenoxy) is 2. The van der Waals surface area contributed by atoms with E-state index in [1.807, 2.05) is 18.2 Å². The summed E-state index contributed by atoms with van der Waals surface area (Å²) in [7, 11) is 3.20. The average Bonchev–Trinajstić information content (AvgIpc) is 3.03. The number of H-pyrrole nitrogens is 1. The van der Waals surface area contributed by atoms with Crippen LogP contribution in [0.5, 0.6) is 11.5 Å². The van der Waals surface area contributed by atoms with Crippen LogP contribution in [0.15, 0.2) is 36.4 Å². The molecule has 2 N–H and O–H groups in total. The van der Waals surface area contributed by atoms with E-state index in [1.165, 1.54) is 5.56 Å². The van der Waals surface area contributed by atoms with Gasteiger partial charge in [-0.25, -0.2) is 0 Å². The molecule has 0 aliphatic rings. The highest BCUT2D eigenvalue weighted by Crippen LogP contribution is 2.38. The SMILES string of the molecule is CCC(C)c1ccc2[nH]c(-c3ccc(OC)cc3OC)c(CC(=O)O)c2c1. The van der Waals surface area contributed by atoms with Gasteiger partial charge in [0.1, 0.15) is 11.5 Å². The van der Waals surface area contributed by atoms with Crippen molar-refractivity contribution in [1.82, 2.24) is 4.98 Å². The Morgan fingerprint density at radius 3 is 2.56 bits per heavy atom. The van der Waals surface area contributed by atoms with Gasteiger partial charge < -0.3 is 19.6 Å². The van der Waals surface area contributed by atoms with Gasteiger partial charge in [0.05, 0.1) is 26.3 Å². The monoisotopic (exact) mass is 367 g/mol. The largest absolute Gasteiger partial charge is 0.497 e. The molecule has 5 nitrogen and oxygen atoms in total. The molecule has 1 aromatic heterocycles. The standard InChI is InChI=1S/C22H25NO4/c1-5-13(2)14-6-9-19-17(10-14)18(12-21(24)25)22(23-19)16-8-7-15(26-3)11-20(16)27-4/h6-11,13,23H,5,12H2,1-4H3,(H,24,25). The molecule has 142 valence electrons. The molecule has 0 radical (unpaired) electrons. The van der Waals surface area contributed by atoms with Crippen molar-refractivity contribution in [2.75, 3.05) is 14.2 Å². The molecule has 2 aromatic carbocycles. The number of carboxylic acids is 1. The number of hydrogen-bond acceptors (Lipinski definition) is 3. The number of rotatable bonds is 7. The Kier molecular flexibility index (Phi) is 5.40. The summed E-state index contributed by atoms with van der Waals surface area (Å²) in [6.45, 7) is 4.33. The number of fused-ring (bicyclic) bond motifs is 1. The summed E-state index contributed by atoms with van der Waals surface area (Å²) in [6, 6.07) is 11.8. The van der Waals surface area contributed by atoms with Gasteiger partial charge in [0, 0.05) is 22.5 Å². The van der Waals surface area contributed by atoms with Crippen molar-refractivity contribution in [3.8, 4) is 22.8 Å². The highest BCUT2D eigenvalue weighted by atomic mass is 16.5. The van der Waals surface area contributed by atoms with E-state index in [1.54, 1.807) is 20.3 Å². The van der Waals surface area contributed by atoms with Crippen LogP contribution in [0.2, 0.25) is 0 Å². The first kappa shape index (κ1) is 18.8. The Hall–Kier alpha value is -2.95. The van der Waals surface area contributed by atoms with Crippen molar-refractivity contribution in [1.29, 1.82) is 0 Å². The molecule has 0 bridgehead atoms. The summed E-state index contributed by atoms with van der Waals surface area (Å²) in [6.07, 6.45) is 0.970. The van der Waals surface area contributed by atoms with Crippen LogP contribution in [0, 0.1) is 0 Å². The Morgan fingerprint density at radius 1 is 1.15 bits per heavy atom. The van der Waals surface area contributed by atoms with Crippen molar-refractivity contribution in [3.05, 3.63) is 47.5 Å². The lowest BCUT2D eigenvalue weighted by Gasteiger charge is -2.11. The minimum atomic E-state index is -0.862. The number of hydrogen-bond donors (Lipinski definition) is 2. The summed E-state index contributed by atoms with van der Waals surface area (Å²) in [5.41, 5.74) is 4.49. The lowest BCUT2D eigenvalue weighted by Crippen LogP contribution is -2.02. The second-order valence-corrected chi connectivity index (χ2v) is 6.73. The van der Waals surface area contributed by atoms with Crippen molar-refractivity contribution >= 4 is 16.9 Å². The third-order valence-electron chi connectivity index (χ3n) is 5.12. The van der Waals surface area contributed by atoms with Crippen LogP contribution in [0.1, 0.15) is 37.3 Å². The third kappa shape index (κ3) is 3.63. The zero-order valence-corrected chi connectivity index (χ0v) is 16.1. The normalized spacial score (nSPS) is 12.1. The van der Waals surface area contributed by atoms with Crippen LogP contribution < -0.4 is 9.47 Å². The predicted octanol–water partition coefficient (Wildman–Crippen LogP) is 4.99. The highest BCUT2D eigenvalue weighted by Gasteiger charge is 2.20. The number of benzene rings is 2. The van der Waals surface area contributed by atoms with Crippen molar-refractivity contribution in [2.24, 2.45) is 0 Å². The maximum absolute atomic E-state index is 11.6. The molecule has 27 heavy (non-hydrogen) atoms. The lowest BCUT2D eigenvalue weighted by atomic mass is 9.95. The van der Waals surface area contributed by atoms with Gasteiger partial charge in [-0.3, -0.25) is 4.79 Å². The zero-order chi connectivity index (χ0) is 19.6. The molecule has 5 heteroatoms. The van der Waals surface area contributed by atoms with E-state index in [2.05, 4.69) is 31.0 Å². The fourth-order valence-corrected chi connectivity index (χ4v) is 3.38. The van der Waals surface area contributed by atoms with Crippen LogP contribution in [-0.4, -0.2) is 30.3 Å². The average molecular weight is 367 g/mol. The number of aliphatic carboxylic acids is 1. The molecule has 0 saturated carbocycles. The van der Waals surface area contributed by atoms with E-state index < -0.39 is 5.97 Å². The molecule has 0 amide bonds. The molecule has 1 heterocycles. The van der Waals surface area contributed by atoms with Gasteiger partial charge in [-0.15, -0.1) is 0 Å². The summed E-state index contributed by atoms with van der Waals surface area (Å²) >= 11 is 0. The zero-order valence-electron chi connectivity index (χ0n) is 16.1. The first-order valence-corrected chi connectivity index (χ1v) is 9.07. The predicted molar refractivity (Wildman–Crippen MR) is 107 cm³/mol. The molecule has 1 atom stereocenters. The molecule has 3 rings (SSSR count). The number of aromatic nitrogens is 1. The quantitative estimate of drug-likeness (QED) is 0.617. The van der Waals surface area contributed by atoms with E-state index in [0.717, 1.165) is 34.1 Å². The van der Waals surface area contributed by atoms with Crippen LogP contribution in [0.25, 0.3) is 22.2 Å². The molecule has 0 aliphatic carbocycles. The number of carbonyl (C=O) groups is 1. The topological polar surface area (TPSA) is 71.5 Å². The molecule has 0 spiro atoms. The van der Waals surface area contributed by atoms with Gasteiger partial charge >= 0.3 is 5.97 Å². The van der Waals surface area contributed by atoms with Crippen molar-refractivity contribution < 1.29 is 19.4 Å². The smallest absolute Gasteiger partial charge is 0.307 e. The lowest BCUT2D eigenvalue weighted by molar-refractivity contribution is -0.136. The van der Waals surface area contributed by atoms with Gasteiger partial charge in [0.25, 0.3) is 0 Å². The summed E-state index contributed by atoms with van der Waals surface area (Å²) in [5, 5.41) is 10.4. The van der Waals surface area contributed by atoms with E-state index in [9.17, 15) is 9.90 Å². The number of aromatic amines is 1. The number of nitrogens with one attached hydrogen (secondary N) is 1. The first-order valence-electron chi connectivity index (χ1n) is 9.07. The van der Waals surface area contributed by atoms with Crippen LogP contribution in [0.4, 0.5) is 0 Å². The fraction of sp³-hybridized carbons (Fsp3) is 0.318. The molecule has 0 aliphatic heterocycles. The van der Waals surface area contributed by atoms with Gasteiger partial charge in [0.2, 0.25) is 0 Å². The summed E-state index contributed by atoms with van der Waals surface area (Å²) < 4.78 is 10.8. The van der Waals surface area contributed by atoms with E-state index >= 15 is 0 Å². The van der Waals surface area contributed by atoms with E-state index in [-0.39, 0.29) is 6.42 Å². The maximum atomic E-state index is 11.6. The van der Waals surface area contributed by atoms with E-state index in [4.69, 9.17) is 9.47 Å². The maximum Gasteiger partial charge on any atom is 0.307 e. The molecular formula is C22H25NO4. The Labute approximate surface area is 158 Å².